The number of carbonyl (C=O) groups is 1. The van der Waals surface area contributed by atoms with E-state index in [4.69, 9.17) is 11.6 Å². The molecule has 0 unspecified atom stereocenters. The summed E-state index contributed by atoms with van der Waals surface area (Å²) in [5, 5.41) is 0.0422. The highest BCUT2D eigenvalue weighted by atomic mass is 35.5. The zero-order valence-corrected chi connectivity index (χ0v) is 21.7. The molecule has 4 aromatic carbocycles. The molecule has 4 aromatic rings. The van der Waals surface area contributed by atoms with Crippen LogP contribution in [0.2, 0.25) is 5.02 Å². The van der Waals surface area contributed by atoms with E-state index in [1.54, 1.807) is 23.1 Å². The molecule has 0 aliphatic heterocycles. The zero-order chi connectivity index (χ0) is 25.7. The first-order valence-corrected chi connectivity index (χ1v) is 13.4. The number of hydrogen-bond acceptors (Lipinski definition) is 3. The predicted molar refractivity (Wildman–Crippen MR) is 145 cm³/mol. The van der Waals surface area contributed by atoms with Gasteiger partial charge in [-0.1, -0.05) is 78.3 Å². The molecule has 4 rings (SSSR count). The Kier molecular flexibility index (Phi) is 7.77. The fraction of sp³-hybridized carbons (Fsp3) is 0.138. The third-order valence-corrected chi connectivity index (χ3v) is 7.81. The van der Waals surface area contributed by atoms with Crippen LogP contribution in [0.3, 0.4) is 0 Å². The molecule has 1 amide bonds. The fourth-order valence-corrected chi connectivity index (χ4v) is 5.42. The number of carbonyl (C=O) groups excluding carboxylic acids is 1. The van der Waals surface area contributed by atoms with Crippen LogP contribution in [0.4, 0.5) is 5.69 Å². The largest absolute Gasteiger partial charge is 0.330 e. The molecule has 0 bridgehead atoms. The van der Waals surface area contributed by atoms with Crippen molar-refractivity contribution in [1.82, 2.24) is 4.90 Å². The van der Waals surface area contributed by atoms with Gasteiger partial charge in [-0.2, -0.15) is 0 Å². The first-order chi connectivity index (χ1) is 17.2. The van der Waals surface area contributed by atoms with Gasteiger partial charge in [0.25, 0.3) is 15.9 Å². The van der Waals surface area contributed by atoms with E-state index >= 15 is 0 Å². The van der Waals surface area contributed by atoms with Crippen molar-refractivity contribution in [2.45, 2.75) is 31.8 Å². The van der Waals surface area contributed by atoms with E-state index in [2.05, 4.69) is 4.72 Å². The molecule has 0 fully saturated rings. The molecule has 36 heavy (non-hydrogen) atoms. The van der Waals surface area contributed by atoms with Gasteiger partial charge in [0.2, 0.25) is 0 Å². The molecule has 184 valence electrons. The second kappa shape index (κ2) is 11.0. The Morgan fingerprint density at radius 3 is 1.92 bits per heavy atom. The monoisotopic (exact) mass is 518 g/mol. The Labute approximate surface area is 217 Å². The van der Waals surface area contributed by atoms with Crippen molar-refractivity contribution in [2.24, 2.45) is 0 Å². The van der Waals surface area contributed by atoms with E-state index in [1.807, 2.05) is 80.6 Å². The van der Waals surface area contributed by atoms with Gasteiger partial charge in [-0.3, -0.25) is 9.52 Å². The van der Waals surface area contributed by atoms with Crippen LogP contribution in [0.1, 0.15) is 32.6 Å². The lowest BCUT2D eigenvalue weighted by Gasteiger charge is -2.24. The van der Waals surface area contributed by atoms with Gasteiger partial charge in [-0.05, 0) is 66.4 Å². The van der Waals surface area contributed by atoms with Crippen molar-refractivity contribution < 1.29 is 13.2 Å². The number of anilines is 1. The number of nitrogens with one attached hydrogen (secondary N) is 1. The number of amides is 1. The molecular weight excluding hydrogens is 492 g/mol. The number of sulfonamides is 1. The Balaban J connectivity index is 1.65. The van der Waals surface area contributed by atoms with Crippen LogP contribution in [0.25, 0.3) is 0 Å². The third-order valence-electron chi connectivity index (χ3n) is 5.95. The van der Waals surface area contributed by atoms with Crippen LogP contribution < -0.4 is 4.72 Å². The summed E-state index contributed by atoms with van der Waals surface area (Å²) in [4.78, 5) is 15.2. The first-order valence-electron chi connectivity index (χ1n) is 11.5. The molecule has 0 saturated heterocycles. The second-order valence-corrected chi connectivity index (χ2v) is 10.7. The maximum atomic E-state index is 13.7. The van der Waals surface area contributed by atoms with Gasteiger partial charge in [0.1, 0.15) is 4.90 Å². The van der Waals surface area contributed by atoms with E-state index in [0.29, 0.717) is 18.8 Å². The summed E-state index contributed by atoms with van der Waals surface area (Å²) in [7, 11) is -4.03. The summed E-state index contributed by atoms with van der Waals surface area (Å²) in [6.45, 7) is 4.62. The summed E-state index contributed by atoms with van der Waals surface area (Å²) < 4.78 is 29.0. The molecule has 1 N–H and O–H groups in total. The Morgan fingerprint density at radius 2 is 1.36 bits per heavy atom. The van der Waals surface area contributed by atoms with Crippen LogP contribution in [-0.2, 0) is 23.1 Å². The number of halogens is 1. The van der Waals surface area contributed by atoms with Crippen LogP contribution in [0, 0.1) is 13.8 Å². The number of nitrogens with zero attached hydrogens (tertiary/aromatic N) is 1. The molecule has 0 saturated carbocycles. The van der Waals surface area contributed by atoms with Gasteiger partial charge in [-0.25, -0.2) is 8.42 Å². The summed E-state index contributed by atoms with van der Waals surface area (Å²) in [6.07, 6.45) is 0. The summed E-state index contributed by atoms with van der Waals surface area (Å²) >= 11 is 6.30. The zero-order valence-electron chi connectivity index (χ0n) is 20.1. The van der Waals surface area contributed by atoms with Crippen LogP contribution >= 0.6 is 11.6 Å². The number of hydrogen-bond donors (Lipinski definition) is 1. The highest BCUT2D eigenvalue weighted by Gasteiger charge is 2.23. The number of benzene rings is 4. The standard InChI is InChI=1S/C29H27ClN2O3S/c1-21-13-15-26(17-22(21)2)31-36(34,35)28-18-25(14-16-27(28)30)29(33)32(19-23-9-5-3-6-10-23)20-24-11-7-4-8-12-24/h3-18,31H,19-20H2,1-2H3. The Bertz CT molecular complexity index is 1430. The first kappa shape index (κ1) is 25.5. The molecule has 5 nitrogen and oxygen atoms in total. The van der Waals surface area contributed by atoms with Crippen molar-refractivity contribution in [1.29, 1.82) is 0 Å². The van der Waals surface area contributed by atoms with Crippen molar-refractivity contribution >= 4 is 33.2 Å². The van der Waals surface area contributed by atoms with Gasteiger partial charge in [-0.15, -0.1) is 0 Å². The molecular formula is C29H27ClN2O3S. The van der Waals surface area contributed by atoms with Crippen molar-refractivity contribution in [3.8, 4) is 0 Å². The molecule has 0 aromatic heterocycles. The molecule has 0 spiro atoms. The lowest BCUT2D eigenvalue weighted by Crippen LogP contribution is -2.30. The number of aryl methyl sites for hydroxylation is 2. The minimum Gasteiger partial charge on any atom is -0.330 e. The van der Waals surface area contributed by atoms with E-state index in [1.165, 1.54) is 12.1 Å². The average Bonchev–Trinajstić information content (AvgIpc) is 2.87. The lowest BCUT2D eigenvalue weighted by atomic mass is 10.1. The molecule has 0 aliphatic rings. The van der Waals surface area contributed by atoms with Crippen molar-refractivity contribution in [3.05, 3.63) is 130 Å². The maximum Gasteiger partial charge on any atom is 0.263 e. The summed E-state index contributed by atoms with van der Waals surface area (Å²) in [5.41, 5.74) is 4.63. The summed E-state index contributed by atoms with van der Waals surface area (Å²) in [6, 6.07) is 29.0. The van der Waals surface area contributed by atoms with Gasteiger partial charge in [0.05, 0.1) is 5.02 Å². The van der Waals surface area contributed by atoms with Gasteiger partial charge in [0, 0.05) is 24.3 Å². The van der Waals surface area contributed by atoms with Gasteiger partial charge in [0.15, 0.2) is 0 Å². The maximum absolute atomic E-state index is 13.7. The second-order valence-electron chi connectivity index (χ2n) is 8.68. The van der Waals surface area contributed by atoms with Crippen LogP contribution in [-0.4, -0.2) is 19.2 Å². The van der Waals surface area contributed by atoms with E-state index in [9.17, 15) is 13.2 Å². The molecule has 0 heterocycles. The van der Waals surface area contributed by atoms with E-state index in [-0.39, 0.29) is 21.4 Å². The van der Waals surface area contributed by atoms with E-state index in [0.717, 1.165) is 22.3 Å². The SMILES string of the molecule is Cc1ccc(NS(=O)(=O)c2cc(C(=O)N(Cc3ccccc3)Cc3ccccc3)ccc2Cl)cc1C. The molecule has 0 atom stereocenters. The topological polar surface area (TPSA) is 66.5 Å². The molecule has 0 aliphatic carbocycles. The van der Waals surface area contributed by atoms with Crippen molar-refractivity contribution in [3.63, 3.8) is 0 Å². The highest BCUT2D eigenvalue weighted by Crippen LogP contribution is 2.27. The fourth-order valence-electron chi connectivity index (χ4n) is 3.85. The van der Waals surface area contributed by atoms with Gasteiger partial charge < -0.3 is 4.90 Å². The quantitative estimate of drug-likeness (QED) is 0.286. The van der Waals surface area contributed by atoms with Crippen LogP contribution in [0.5, 0.6) is 0 Å². The Morgan fingerprint density at radius 1 is 0.778 bits per heavy atom. The van der Waals surface area contributed by atoms with Crippen molar-refractivity contribution in [2.75, 3.05) is 4.72 Å². The smallest absolute Gasteiger partial charge is 0.263 e. The van der Waals surface area contributed by atoms with Crippen LogP contribution in [0.15, 0.2) is 102 Å². The highest BCUT2D eigenvalue weighted by molar-refractivity contribution is 7.92. The third kappa shape index (κ3) is 6.14. The minimum absolute atomic E-state index is 0.0422. The average molecular weight is 519 g/mol. The summed E-state index contributed by atoms with van der Waals surface area (Å²) in [5.74, 6) is -0.290. The Hall–Kier alpha value is -3.61. The normalized spacial score (nSPS) is 11.2. The number of rotatable bonds is 8. The van der Waals surface area contributed by atoms with E-state index < -0.39 is 10.0 Å². The van der Waals surface area contributed by atoms with Gasteiger partial charge >= 0.3 is 0 Å². The lowest BCUT2D eigenvalue weighted by molar-refractivity contribution is 0.0730. The molecule has 7 heteroatoms. The molecule has 0 radical (unpaired) electrons. The minimum atomic E-state index is -4.03. The predicted octanol–water partition coefficient (Wildman–Crippen LogP) is 6.60.